The van der Waals surface area contributed by atoms with Gasteiger partial charge in [0.15, 0.2) is 0 Å². The van der Waals surface area contributed by atoms with Gasteiger partial charge in [-0.3, -0.25) is 9.59 Å². The molecule has 7 heteroatoms. The predicted molar refractivity (Wildman–Crippen MR) is 119 cm³/mol. The average molecular weight is 437 g/mol. The summed E-state index contributed by atoms with van der Waals surface area (Å²) in [5.41, 5.74) is 3.38. The monoisotopic (exact) mass is 436 g/mol. The number of hydrogen-bond acceptors (Lipinski definition) is 4. The van der Waals surface area contributed by atoms with Crippen LogP contribution in [0.4, 0.5) is 4.79 Å². The van der Waals surface area contributed by atoms with Gasteiger partial charge in [-0.25, -0.2) is 4.79 Å². The Labute approximate surface area is 187 Å². The van der Waals surface area contributed by atoms with Gasteiger partial charge in [-0.2, -0.15) is 0 Å². The molecular weight excluding hydrogens is 408 g/mol. The molecule has 2 aromatic carbocycles. The van der Waals surface area contributed by atoms with E-state index in [1.54, 1.807) is 0 Å². The molecule has 7 nitrogen and oxygen atoms in total. The van der Waals surface area contributed by atoms with Crippen LogP contribution in [0, 0.1) is 5.92 Å². The van der Waals surface area contributed by atoms with Crippen LogP contribution >= 0.6 is 0 Å². The summed E-state index contributed by atoms with van der Waals surface area (Å²) < 4.78 is 5.64. The van der Waals surface area contributed by atoms with Crippen molar-refractivity contribution >= 4 is 18.0 Å². The number of carboxylic acid groups (broad SMARTS) is 1. The Morgan fingerprint density at radius 1 is 1.12 bits per heavy atom. The van der Waals surface area contributed by atoms with Crippen molar-refractivity contribution in [2.24, 2.45) is 5.92 Å². The Hall–Kier alpha value is -3.35. The third-order valence-corrected chi connectivity index (χ3v) is 6.27. The molecule has 1 aliphatic heterocycles. The fourth-order valence-electron chi connectivity index (χ4n) is 5.03. The van der Waals surface area contributed by atoms with Crippen molar-refractivity contribution in [3.63, 3.8) is 0 Å². The number of carbonyl (C=O) groups is 3. The summed E-state index contributed by atoms with van der Waals surface area (Å²) in [5, 5.41) is 11.9. The molecule has 0 bridgehead atoms. The number of nitrogens with zero attached hydrogens (tertiary/aromatic N) is 1. The van der Waals surface area contributed by atoms with Gasteiger partial charge in [0, 0.05) is 12.5 Å². The summed E-state index contributed by atoms with van der Waals surface area (Å²) in [4.78, 5) is 38.2. The van der Waals surface area contributed by atoms with E-state index in [0.29, 0.717) is 19.4 Å². The maximum atomic E-state index is 13.0. The zero-order valence-electron chi connectivity index (χ0n) is 18.3. The molecule has 0 unspecified atom stereocenters. The molecule has 0 spiro atoms. The highest BCUT2D eigenvalue weighted by atomic mass is 16.5. The lowest BCUT2D eigenvalue weighted by molar-refractivity contribution is -0.144. The molecule has 0 radical (unpaired) electrons. The Morgan fingerprint density at radius 2 is 1.72 bits per heavy atom. The van der Waals surface area contributed by atoms with E-state index in [2.05, 4.69) is 17.4 Å². The van der Waals surface area contributed by atoms with E-state index < -0.39 is 17.6 Å². The largest absolute Gasteiger partial charge is 0.480 e. The summed E-state index contributed by atoms with van der Waals surface area (Å²) >= 11 is 0. The van der Waals surface area contributed by atoms with Gasteiger partial charge in [0.05, 0.1) is 0 Å². The Morgan fingerprint density at radius 3 is 2.28 bits per heavy atom. The fraction of sp³-hybridized carbons (Fsp3) is 0.400. The summed E-state index contributed by atoms with van der Waals surface area (Å²) in [6.07, 6.45) is 0.131. The number of fused-ring (bicyclic) bond motifs is 3. The first-order valence-electron chi connectivity index (χ1n) is 10.9. The first kappa shape index (κ1) is 21.9. The lowest BCUT2D eigenvalue weighted by Gasteiger charge is -2.30. The molecule has 2 aliphatic rings. The van der Waals surface area contributed by atoms with Gasteiger partial charge < -0.3 is 20.1 Å². The minimum atomic E-state index is -1.13. The van der Waals surface area contributed by atoms with Crippen molar-refractivity contribution in [2.75, 3.05) is 19.7 Å². The van der Waals surface area contributed by atoms with Crippen LogP contribution in [-0.4, -0.2) is 53.2 Å². The predicted octanol–water partition coefficient (Wildman–Crippen LogP) is 3.63. The highest BCUT2D eigenvalue weighted by Crippen LogP contribution is 2.44. The molecule has 1 atom stereocenters. The fourth-order valence-corrected chi connectivity index (χ4v) is 5.03. The van der Waals surface area contributed by atoms with Crippen molar-refractivity contribution in [1.82, 2.24) is 10.2 Å². The number of amides is 2. The number of carbonyl (C=O) groups excluding carboxylic acids is 2. The van der Waals surface area contributed by atoms with Gasteiger partial charge in [0.1, 0.15) is 18.7 Å². The number of aliphatic carboxylic acids is 1. The van der Waals surface area contributed by atoms with Crippen LogP contribution in [0.2, 0.25) is 0 Å². The van der Waals surface area contributed by atoms with Crippen molar-refractivity contribution in [3.05, 3.63) is 59.7 Å². The molecule has 2 amide bonds. The SMILES string of the molecule is CC(C)C[C@@]1(NC(=O)OCC2c3ccccc3-c3ccccc32)CCN(CC(=O)O)C1=O. The van der Waals surface area contributed by atoms with E-state index >= 15 is 0 Å². The molecule has 0 saturated carbocycles. The van der Waals surface area contributed by atoms with Crippen molar-refractivity contribution in [3.8, 4) is 11.1 Å². The van der Waals surface area contributed by atoms with Crippen LogP contribution in [0.25, 0.3) is 11.1 Å². The van der Waals surface area contributed by atoms with E-state index in [0.717, 1.165) is 22.3 Å². The third-order valence-electron chi connectivity index (χ3n) is 6.27. The van der Waals surface area contributed by atoms with E-state index in [4.69, 9.17) is 9.84 Å². The molecule has 4 rings (SSSR count). The molecule has 2 N–H and O–H groups in total. The molecular formula is C25H28N2O5. The summed E-state index contributed by atoms with van der Waals surface area (Å²) in [6, 6.07) is 16.2. The lowest BCUT2D eigenvalue weighted by Crippen LogP contribution is -2.55. The van der Waals surface area contributed by atoms with E-state index in [1.807, 2.05) is 50.2 Å². The van der Waals surface area contributed by atoms with E-state index in [-0.39, 0.29) is 30.9 Å². The maximum absolute atomic E-state index is 13.0. The zero-order chi connectivity index (χ0) is 22.9. The minimum absolute atomic E-state index is 0.0722. The van der Waals surface area contributed by atoms with Crippen LogP contribution in [-0.2, 0) is 14.3 Å². The number of benzene rings is 2. The molecule has 0 aromatic heterocycles. The van der Waals surface area contributed by atoms with Crippen LogP contribution in [0.15, 0.2) is 48.5 Å². The number of alkyl carbamates (subject to hydrolysis) is 1. The van der Waals surface area contributed by atoms with Gasteiger partial charge in [-0.1, -0.05) is 62.4 Å². The molecule has 1 saturated heterocycles. The van der Waals surface area contributed by atoms with Gasteiger partial charge in [-0.05, 0) is 41.0 Å². The number of ether oxygens (including phenoxy) is 1. The lowest BCUT2D eigenvalue weighted by atomic mass is 9.87. The number of rotatable bonds is 7. The molecule has 168 valence electrons. The summed E-state index contributed by atoms with van der Waals surface area (Å²) in [7, 11) is 0. The second-order valence-electron chi connectivity index (χ2n) is 9.00. The molecule has 1 fully saturated rings. The standard InChI is InChI=1S/C25H28N2O5/c1-16(2)13-25(11-12-27(23(25)30)14-22(28)29)26-24(31)32-15-21-19-9-5-3-7-17(19)18-8-4-6-10-20(18)21/h3-10,16,21H,11-15H2,1-2H3,(H,26,31)(H,28,29)/t25-/m0/s1. The minimum Gasteiger partial charge on any atom is -0.480 e. The first-order chi connectivity index (χ1) is 15.3. The third kappa shape index (κ3) is 4.07. The summed E-state index contributed by atoms with van der Waals surface area (Å²) in [6.45, 7) is 4.01. The Kier molecular flexibility index (Phi) is 5.91. The molecule has 32 heavy (non-hydrogen) atoms. The second-order valence-corrected chi connectivity index (χ2v) is 9.00. The van der Waals surface area contributed by atoms with Gasteiger partial charge in [0.2, 0.25) is 5.91 Å². The normalized spacial score (nSPS) is 19.7. The molecule has 2 aromatic rings. The summed E-state index contributed by atoms with van der Waals surface area (Å²) in [5.74, 6) is -1.36. The van der Waals surface area contributed by atoms with Crippen molar-refractivity contribution in [1.29, 1.82) is 0 Å². The zero-order valence-corrected chi connectivity index (χ0v) is 18.3. The Balaban J connectivity index is 1.48. The van der Waals surface area contributed by atoms with Crippen molar-refractivity contribution in [2.45, 2.75) is 38.1 Å². The second kappa shape index (κ2) is 8.65. The van der Waals surface area contributed by atoms with Gasteiger partial charge in [0.25, 0.3) is 0 Å². The number of likely N-dealkylation sites (tertiary alicyclic amines) is 1. The van der Waals surface area contributed by atoms with Crippen molar-refractivity contribution < 1.29 is 24.2 Å². The van der Waals surface area contributed by atoms with E-state index in [9.17, 15) is 14.4 Å². The number of carboxylic acids is 1. The quantitative estimate of drug-likeness (QED) is 0.691. The topological polar surface area (TPSA) is 95.9 Å². The van der Waals surface area contributed by atoms with Gasteiger partial charge in [-0.15, -0.1) is 0 Å². The average Bonchev–Trinajstić information content (AvgIpc) is 3.22. The van der Waals surface area contributed by atoms with Crippen LogP contribution in [0.1, 0.15) is 43.7 Å². The first-order valence-corrected chi connectivity index (χ1v) is 10.9. The highest BCUT2D eigenvalue weighted by molar-refractivity contribution is 5.93. The maximum Gasteiger partial charge on any atom is 0.408 e. The molecule has 1 heterocycles. The highest BCUT2D eigenvalue weighted by Gasteiger charge is 2.48. The van der Waals surface area contributed by atoms with Crippen LogP contribution < -0.4 is 5.32 Å². The van der Waals surface area contributed by atoms with Crippen LogP contribution in [0.5, 0.6) is 0 Å². The van der Waals surface area contributed by atoms with E-state index in [1.165, 1.54) is 4.90 Å². The Bertz CT molecular complexity index is 1000. The smallest absolute Gasteiger partial charge is 0.408 e. The number of nitrogens with one attached hydrogen (secondary N) is 1. The van der Waals surface area contributed by atoms with Crippen LogP contribution in [0.3, 0.4) is 0 Å². The number of hydrogen-bond donors (Lipinski definition) is 2. The molecule has 1 aliphatic carbocycles. The van der Waals surface area contributed by atoms with Gasteiger partial charge >= 0.3 is 12.1 Å².